The Bertz CT molecular complexity index is 1090. The number of nitrogens with zero attached hydrogens (tertiary/aromatic N) is 5. The summed E-state index contributed by atoms with van der Waals surface area (Å²) < 4.78 is 0. The molecule has 2 atom stereocenters. The molecular weight excluding hydrogens is 418 g/mol. The van der Waals surface area contributed by atoms with Crippen molar-refractivity contribution in [3.8, 4) is 0 Å². The van der Waals surface area contributed by atoms with Crippen molar-refractivity contribution in [1.82, 2.24) is 25.1 Å². The number of carbonyl (C=O) groups is 1. The molecule has 3 aromatic heterocycles. The highest BCUT2D eigenvalue weighted by Gasteiger charge is 2.42. The van der Waals surface area contributed by atoms with Gasteiger partial charge in [-0.1, -0.05) is 0 Å². The number of aliphatic hydroxyl groups excluding tert-OH is 1. The number of fused-ring (bicyclic) bond motifs is 3. The van der Waals surface area contributed by atoms with Crippen LogP contribution in [-0.2, 0) is 6.61 Å². The summed E-state index contributed by atoms with van der Waals surface area (Å²) in [5, 5.41) is 32.0. The number of hydrogen-bond acceptors (Lipinski definition) is 8. The zero-order chi connectivity index (χ0) is 21.5. The Morgan fingerprint density at radius 2 is 2.13 bits per heavy atom. The molecule has 2 bridgehead atoms. The van der Waals surface area contributed by atoms with Gasteiger partial charge in [0.25, 0.3) is 0 Å². The highest BCUT2D eigenvalue weighted by atomic mass is 32.1. The molecule has 0 aromatic carbocycles. The summed E-state index contributed by atoms with van der Waals surface area (Å²) in [4.78, 5) is 25.9. The number of piperidine rings is 2. The number of rotatable bonds is 5. The summed E-state index contributed by atoms with van der Waals surface area (Å²) in [5.74, 6) is 1.85. The summed E-state index contributed by atoms with van der Waals surface area (Å²) in [7, 11) is 1.99. The Kier molecular flexibility index (Phi) is 5.14. The Morgan fingerprint density at radius 1 is 1.35 bits per heavy atom. The Balaban J connectivity index is 1.43. The van der Waals surface area contributed by atoms with Crippen molar-refractivity contribution in [3.05, 3.63) is 23.2 Å². The first-order chi connectivity index (χ1) is 15.0. The third-order valence-electron chi connectivity index (χ3n) is 6.39. The predicted molar refractivity (Wildman–Crippen MR) is 118 cm³/mol. The van der Waals surface area contributed by atoms with E-state index in [1.165, 1.54) is 0 Å². The Morgan fingerprint density at radius 3 is 2.81 bits per heavy atom. The highest BCUT2D eigenvalue weighted by Crippen LogP contribution is 2.37. The third kappa shape index (κ3) is 3.68. The fourth-order valence-corrected chi connectivity index (χ4v) is 5.63. The SMILES string of the molecule is CN(c1nc(Nc2cc(CO)[nH]n2)c2ccsc2n1)C1CC2CCCC(C1)N2C(=O)O. The maximum atomic E-state index is 11.7. The van der Waals surface area contributed by atoms with Gasteiger partial charge in [-0.3, -0.25) is 5.10 Å². The van der Waals surface area contributed by atoms with Gasteiger partial charge in [-0.15, -0.1) is 11.3 Å². The third-order valence-corrected chi connectivity index (χ3v) is 7.20. The largest absolute Gasteiger partial charge is 0.465 e. The lowest BCUT2D eigenvalue weighted by atomic mass is 9.81. The maximum absolute atomic E-state index is 11.7. The number of hydrogen-bond donors (Lipinski definition) is 4. The van der Waals surface area contributed by atoms with Gasteiger partial charge in [0, 0.05) is 31.2 Å². The first-order valence-corrected chi connectivity index (χ1v) is 11.3. The average Bonchev–Trinajstić information content (AvgIpc) is 3.41. The lowest BCUT2D eigenvalue weighted by molar-refractivity contribution is 0.0351. The van der Waals surface area contributed by atoms with E-state index in [9.17, 15) is 15.0 Å². The van der Waals surface area contributed by atoms with Crippen molar-refractivity contribution in [2.45, 2.75) is 56.8 Å². The molecule has 2 saturated heterocycles. The zero-order valence-corrected chi connectivity index (χ0v) is 18.0. The van der Waals surface area contributed by atoms with Crippen LogP contribution in [0.4, 0.5) is 22.4 Å². The molecule has 0 saturated carbocycles. The van der Waals surface area contributed by atoms with Gasteiger partial charge in [-0.2, -0.15) is 10.1 Å². The average molecular weight is 444 g/mol. The van der Waals surface area contributed by atoms with E-state index in [4.69, 9.17) is 9.97 Å². The van der Waals surface area contributed by atoms with E-state index < -0.39 is 6.09 Å². The van der Waals surface area contributed by atoms with Crippen molar-refractivity contribution in [2.24, 2.45) is 0 Å². The number of aromatic nitrogens is 4. The van der Waals surface area contributed by atoms with Crippen LogP contribution in [0, 0.1) is 0 Å². The molecule has 0 radical (unpaired) electrons. The molecule has 164 valence electrons. The smallest absolute Gasteiger partial charge is 0.407 e. The second-order valence-corrected chi connectivity index (χ2v) is 9.13. The van der Waals surface area contributed by atoms with Gasteiger partial charge in [-0.05, 0) is 43.6 Å². The van der Waals surface area contributed by atoms with Crippen LogP contribution in [0.2, 0.25) is 0 Å². The van der Waals surface area contributed by atoms with E-state index in [0.717, 1.165) is 42.3 Å². The van der Waals surface area contributed by atoms with Gasteiger partial charge in [0.05, 0.1) is 17.7 Å². The first kappa shape index (κ1) is 20.0. The van der Waals surface area contributed by atoms with E-state index in [1.807, 2.05) is 18.5 Å². The molecular formula is C20H25N7O3S. The van der Waals surface area contributed by atoms with Crippen molar-refractivity contribution in [3.63, 3.8) is 0 Å². The molecule has 0 aliphatic carbocycles. The second kappa shape index (κ2) is 7.97. The molecule has 5 heterocycles. The number of aliphatic hydroxyl groups is 1. The zero-order valence-electron chi connectivity index (χ0n) is 17.2. The molecule has 2 unspecified atom stereocenters. The van der Waals surface area contributed by atoms with E-state index in [1.54, 1.807) is 22.3 Å². The fourth-order valence-electron chi connectivity index (χ4n) is 4.87. The van der Waals surface area contributed by atoms with Crippen molar-refractivity contribution in [2.75, 3.05) is 17.3 Å². The predicted octanol–water partition coefficient (Wildman–Crippen LogP) is 3.15. The van der Waals surface area contributed by atoms with E-state index in [0.29, 0.717) is 23.3 Å². The summed E-state index contributed by atoms with van der Waals surface area (Å²) >= 11 is 1.55. The minimum atomic E-state index is -0.806. The molecule has 1 amide bonds. The van der Waals surface area contributed by atoms with Crippen LogP contribution in [0.1, 0.15) is 37.8 Å². The number of thiophene rings is 1. The summed E-state index contributed by atoms with van der Waals surface area (Å²) in [6.45, 7) is -0.113. The first-order valence-electron chi connectivity index (χ1n) is 10.4. The molecule has 5 rings (SSSR count). The number of anilines is 3. The monoisotopic (exact) mass is 443 g/mol. The summed E-state index contributed by atoms with van der Waals surface area (Å²) in [5.41, 5.74) is 0.618. The van der Waals surface area contributed by atoms with Crippen molar-refractivity contribution >= 4 is 45.2 Å². The second-order valence-electron chi connectivity index (χ2n) is 8.24. The highest BCUT2D eigenvalue weighted by molar-refractivity contribution is 7.16. The minimum absolute atomic E-state index is 0.0569. The Hall–Kier alpha value is -2.92. The van der Waals surface area contributed by atoms with Gasteiger partial charge in [0.15, 0.2) is 5.82 Å². The fraction of sp³-hybridized carbons (Fsp3) is 0.500. The normalized spacial score (nSPS) is 23.2. The van der Waals surface area contributed by atoms with Crippen LogP contribution < -0.4 is 10.2 Å². The molecule has 0 spiro atoms. The van der Waals surface area contributed by atoms with Crippen LogP contribution in [-0.4, -0.2) is 66.5 Å². The topological polar surface area (TPSA) is 130 Å². The van der Waals surface area contributed by atoms with E-state index in [2.05, 4.69) is 20.4 Å². The maximum Gasteiger partial charge on any atom is 0.407 e. The standard InChI is InChI=1S/C20H25N7O3S/c1-26(14-8-12-3-2-4-13(9-14)27(12)20(29)30)19-22-17(15-5-6-31-18(15)23-19)21-16-7-11(10-28)24-25-16/h5-7,12-14,28H,2-4,8-10H2,1H3,(H,29,30)(H2,21,22,23,24,25). The Labute approximate surface area is 182 Å². The molecule has 2 aliphatic rings. The van der Waals surface area contributed by atoms with Gasteiger partial charge in [-0.25, -0.2) is 9.78 Å². The molecule has 2 aliphatic heterocycles. The number of amides is 1. The number of H-pyrrole nitrogens is 1. The molecule has 31 heavy (non-hydrogen) atoms. The minimum Gasteiger partial charge on any atom is -0.465 e. The number of carboxylic acid groups (broad SMARTS) is 1. The number of nitrogens with one attached hydrogen (secondary N) is 2. The molecule has 4 N–H and O–H groups in total. The molecule has 11 heteroatoms. The van der Waals surface area contributed by atoms with E-state index >= 15 is 0 Å². The number of aromatic amines is 1. The summed E-state index contributed by atoms with van der Waals surface area (Å²) in [6.07, 6.45) is 3.68. The quantitative estimate of drug-likeness (QED) is 0.473. The van der Waals surface area contributed by atoms with Crippen molar-refractivity contribution < 1.29 is 15.0 Å². The van der Waals surface area contributed by atoms with Crippen LogP contribution in [0.15, 0.2) is 17.5 Å². The summed E-state index contributed by atoms with van der Waals surface area (Å²) in [6, 6.07) is 4.01. The molecule has 2 fully saturated rings. The van der Waals surface area contributed by atoms with Crippen LogP contribution in [0.25, 0.3) is 10.2 Å². The van der Waals surface area contributed by atoms with Crippen molar-refractivity contribution in [1.29, 1.82) is 0 Å². The molecule has 10 nitrogen and oxygen atoms in total. The van der Waals surface area contributed by atoms with E-state index in [-0.39, 0.29) is 24.7 Å². The van der Waals surface area contributed by atoms with Crippen LogP contribution >= 0.6 is 11.3 Å². The van der Waals surface area contributed by atoms with Crippen LogP contribution in [0.3, 0.4) is 0 Å². The van der Waals surface area contributed by atoms with Gasteiger partial charge < -0.3 is 25.3 Å². The lowest BCUT2D eigenvalue weighted by Crippen LogP contribution is -2.58. The van der Waals surface area contributed by atoms with Crippen LogP contribution in [0.5, 0.6) is 0 Å². The van der Waals surface area contributed by atoms with Gasteiger partial charge in [0.2, 0.25) is 5.95 Å². The lowest BCUT2D eigenvalue weighted by Gasteiger charge is -2.49. The van der Waals surface area contributed by atoms with Gasteiger partial charge in [0.1, 0.15) is 10.6 Å². The van der Waals surface area contributed by atoms with Gasteiger partial charge >= 0.3 is 6.09 Å². The molecule has 3 aromatic rings.